The van der Waals surface area contributed by atoms with Gasteiger partial charge < -0.3 is 40.0 Å². The van der Waals surface area contributed by atoms with E-state index in [4.69, 9.17) is 9.47 Å². The fourth-order valence-corrected chi connectivity index (χ4v) is 7.71. The van der Waals surface area contributed by atoms with E-state index in [1.54, 1.807) is 55.9 Å². The Morgan fingerprint density at radius 1 is 0.891 bits per heavy atom. The highest BCUT2D eigenvalue weighted by Crippen LogP contribution is 2.43. The second kappa shape index (κ2) is 16.1. The van der Waals surface area contributed by atoms with Crippen molar-refractivity contribution in [1.82, 2.24) is 14.8 Å². The number of benzene rings is 4. The SMILES string of the molecule is COc1c(NC(=O)Nc2ccc(Oc3ccnc(Nc4cc(CN5CCN(C)CC5)cc(C(=O)O)c4)c3)c3ccccc23)cc(C(C)(C)C)cc1P(C)(C)=O. The number of piperazine rings is 1. The predicted molar refractivity (Wildman–Crippen MR) is 221 cm³/mol. The number of carboxylic acids is 1. The number of hydrogen-bond donors (Lipinski definition) is 4. The number of fused-ring (bicyclic) bond motifs is 1. The summed E-state index contributed by atoms with van der Waals surface area (Å²) in [7, 11) is 0.857. The number of nitrogens with one attached hydrogen (secondary N) is 3. The summed E-state index contributed by atoms with van der Waals surface area (Å²) in [5.41, 5.74) is 3.37. The van der Waals surface area contributed by atoms with Crippen molar-refractivity contribution in [2.45, 2.75) is 32.7 Å². The Morgan fingerprint density at radius 2 is 1.60 bits per heavy atom. The Morgan fingerprint density at radius 3 is 2.27 bits per heavy atom. The van der Waals surface area contributed by atoms with E-state index in [0.717, 1.165) is 48.1 Å². The minimum atomic E-state index is -2.75. The topological polar surface area (TPSA) is 145 Å². The third-order valence-corrected chi connectivity index (χ3v) is 11.1. The maximum absolute atomic E-state index is 13.5. The molecule has 288 valence electrons. The molecule has 12 nitrogen and oxygen atoms in total. The molecule has 0 bridgehead atoms. The first-order valence-corrected chi connectivity index (χ1v) is 20.7. The molecule has 1 saturated heterocycles. The zero-order valence-electron chi connectivity index (χ0n) is 32.4. The van der Waals surface area contributed by atoms with E-state index >= 15 is 0 Å². The van der Waals surface area contributed by atoms with E-state index in [-0.39, 0.29) is 11.0 Å². The zero-order chi connectivity index (χ0) is 39.5. The standard InChI is InChI=1S/C42H49N6O6P/c1-42(2,3)29-23-35(39(53-5)37(24-29)55(6,7)52)46-41(51)45-34-12-13-36(33-11-9-8-10-32(33)34)54-31-14-15-43-38(25-31)44-30-21-27(20-28(22-30)40(49)50)26-48-18-16-47(4)17-19-48/h8-15,20-25H,16-19,26H2,1-7H3,(H,43,44)(H,49,50)(H2,45,46,51). The molecule has 4 aromatic carbocycles. The predicted octanol–water partition coefficient (Wildman–Crippen LogP) is 8.41. The van der Waals surface area contributed by atoms with E-state index < -0.39 is 19.1 Å². The highest BCUT2D eigenvalue weighted by atomic mass is 31.2. The van der Waals surface area contributed by atoms with Crippen LogP contribution in [0.3, 0.4) is 0 Å². The largest absolute Gasteiger partial charge is 0.494 e. The molecule has 1 aliphatic rings. The molecule has 2 amide bonds. The minimum absolute atomic E-state index is 0.199. The van der Waals surface area contributed by atoms with Crippen molar-refractivity contribution in [3.63, 3.8) is 0 Å². The van der Waals surface area contributed by atoms with Gasteiger partial charge in [0.15, 0.2) is 5.75 Å². The first kappa shape index (κ1) is 39.3. The number of carbonyl (C=O) groups excluding carboxylic acids is 1. The molecule has 0 radical (unpaired) electrons. The van der Waals surface area contributed by atoms with Crippen molar-refractivity contribution >= 4 is 58.1 Å². The number of carboxylic acid groups (broad SMARTS) is 1. The quantitative estimate of drug-likeness (QED) is 0.0968. The molecule has 0 spiro atoms. The van der Waals surface area contributed by atoms with Gasteiger partial charge in [0, 0.05) is 61.4 Å². The van der Waals surface area contributed by atoms with Crippen molar-refractivity contribution < 1.29 is 28.7 Å². The summed E-state index contributed by atoms with van der Waals surface area (Å²) >= 11 is 0. The number of ether oxygens (including phenoxy) is 2. The Hall–Kier alpha value is -5.42. The van der Waals surface area contributed by atoms with Gasteiger partial charge in [0.25, 0.3) is 0 Å². The van der Waals surface area contributed by atoms with Gasteiger partial charge >= 0.3 is 12.0 Å². The number of nitrogens with zero attached hydrogens (tertiary/aromatic N) is 3. The zero-order valence-corrected chi connectivity index (χ0v) is 33.3. The summed E-state index contributed by atoms with van der Waals surface area (Å²) in [6.45, 7) is 14.0. The van der Waals surface area contributed by atoms with Crippen LogP contribution in [-0.4, -0.2) is 85.6 Å². The maximum Gasteiger partial charge on any atom is 0.335 e. The highest BCUT2D eigenvalue weighted by Gasteiger charge is 2.26. The van der Waals surface area contributed by atoms with Gasteiger partial charge in [-0.05, 0) is 85.5 Å². The summed E-state index contributed by atoms with van der Waals surface area (Å²) < 4.78 is 25.4. The Kier molecular flexibility index (Phi) is 11.5. The molecular weight excluding hydrogens is 715 g/mol. The number of rotatable bonds is 11. The molecule has 13 heteroatoms. The average molecular weight is 765 g/mol. The molecule has 2 heterocycles. The number of amides is 2. The van der Waals surface area contributed by atoms with Gasteiger partial charge in [-0.2, -0.15) is 0 Å². The van der Waals surface area contributed by atoms with Crippen molar-refractivity contribution in [3.05, 3.63) is 102 Å². The summed E-state index contributed by atoms with van der Waals surface area (Å²) in [4.78, 5) is 34.6. The van der Waals surface area contributed by atoms with E-state index in [9.17, 15) is 19.3 Å². The molecule has 0 unspecified atom stereocenters. The molecule has 1 fully saturated rings. The van der Waals surface area contributed by atoms with Crippen LogP contribution < -0.4 is 30.7 Å². The van der Waals surface area contributed by atoms with Crippen LogP contribution in [-0.2, 0) is 16.5 Å². The molecule has 1 aromatic heterocycles. The molecule has 6 rings (SSSR count). The van der Waals surface area contributed by atoms with Crippen molar-refractivity contribution in [1.29, 1.82) is 0 Å². The van der Waals surface area contributed by atoms with Crippen LogP contribution in [0.2, 0.25) is 0 Å². The highest BCUT2D eigenvalue weighted by molar-refractivity contribution is 7.70. The number of methoxy groups -OCH3 is 1. The first-order valence-electron chi connectivity index (χ1n) is 18.1. The fourth-order valence-electron chi connectivity index (χ4n) is 6.56. The summed E-state index contributed by atoms with van der Waals surface area (Å²) in [5, 5.41) is 21.1. The molecule has 5 aromatic rings. The van der Waals surface area contributed by atoms with Gasteiger partial charge in [0.2, 0.25) is 0 Å². The van der Waals surface area contributed by atoms with Crippen molar-refractivity contribution in [2.75, 3.05) is 69.6 Å². The summed E-state index contributed by atoms with van der Waals surface area (Å²) in [5.74, 6) is 0.938. The van der Waals surface area contributed by atoms with Crippen LogP contribution in [0.1, 0.15) is 42.3 Å². The van der Waals surface area contributed by atoms with Gasteiger partial charge in [-0.25, -0.2) is 14.6 Å². The summed E-state index contributed by atoms with van der Waals surface area (Å²) in [6.07, 6.45) is 1.62. The number of urea groups is 1. The maximum atomic E-state index is 13.5. The molecular formula is C42H49N6O6P. The van der Waals surface area contributed by atoms with Gasteiger partial charge in [0.1, 0.15) is 24.5 Å². The van der Waals surface area contributed by atoms with E-state index in [1.807, 2.05) is 42.5 Å². The Bertz CT molecular complexity index is 2280. The number of anilines is 4. The van der Waals surface area contributed by atoms with Crippen LogP contribution in [0.5, 0.6) is 17.2 Å². The molecule has 55 heavy (non-hydrogen) atoms. The van der Waals surface area contributed by atoms with Gasteiger partial charge in [-0.15, -0.1) is 0 Å². The lowest BCUT2D eigenvalue weighted by molar-refractivity contribution is 0.0696. The van der Waals surface area contributed by atoms with Crippen LogP contribution in [0.4, 0.5) is 27.7 Å². The number of aromatic carboxylic acids is 1. The smallest absolute Gasteiger partial charge is 0.335 e. The number of aromatic nitrogens is 1. The van der Waals surface area contributed by atoms with Gasteiger partial charge in [-0.3, -0.25) is 4.90 Å². The molecule has 4 N–H and O–H groups in total. The van der Waals surface area contributed by atoms with Gasteiger partial charge in [-0.1, -0.05) is 45.0 Å². The third-order valence-electron chi connectivity index (χ3n) is 9.57. The third kappa shape index (κ3) is 9.64. The number of pyridine rings is 1. The lowest BCUT2D eigenvalue weighted by Gasteiger charge is -2.32. The van der Waals surface area contributed by atoms with Crippen LogP contribution >= 0.6 is 7.14 Å². The van der Waals surface area contributed by atoms with E-state index in [2.05, 4.69) is 58.6 Å². The van der Waals surface area contributed by atoms with Crippen LogP contribution in [0.25, 0.3) is 10.8 Å². The fraction of sp³-hybridized carbons (Fsp3) is 0.310. The normalized spacial score (nSPS) is 14.0. The number of likely N-dealkylation sites (N-methyl/N-ethyl adjacent to an activating group) is 1. The second-order valence-corrected chi connectivity index (χ2v) is 18.5. The number of hydrogen-bond acceptors (Lipinski definition) is 9. The Balaban J connectivity index is 1.21. The molecule has 0 atom stereocenters. The monoisotopic (exact) mass is 764 g/mol. The molecule has 0 saturated carbocycles. The lowest BCUT2D eigenvalue weighted by Crippen LogP contribution is -2.43. The van der Waals surface area contributed by atoms with Crippen LogP contribution in [0.15, 0.2) is 85.1 Å². The minimum Gasteiger partial charge on any atom is -0.494 e. The average Bonchev–Trinajstić information content (AvgIpc) is 3.12. The first-order chi connectivity index (χ1) is 26.1. The molecule has 0 aliphatic carbocycles. The Labute approximate surface area is 322 Å². The van der Waals surface area contributed by atoms with Crippen LogP contribution in [0, 0.1) is 0 Å². The lowest BCUT2D eigenvalue weighted by atomic mass is 9.86. The molecule has 1 aliphatic heterocycles. The van der Waals surface area contributed by atoms with E-state index in [0.29, 0.717) is 52.0 Å². The second-order valence-electron chi connectivity index (χ2n) is 15.3. The van der Waals surface area contributed by atoms with Gasteiger partial charge in [0.05, 0.1) is 29.4 Å². The van der Waals surface area contributed by atoms with Crippen molar-refractivity contribution in [2.24, 2.45) is 0 Å². The number of carbonyl (C=O) groups is 2. The summed E-state index contributed by atoms with van der Waals surface area (Å²) in [6, 6.07) is 23.2. The van der Waals surface area contributed by atoms with Crippen molar-refractivity contribution in [3.8, 4) is 17.2 Å². The van der Waals surface area contributed by atoms with E-state index in [1.165, 1.54) is 7.11 Å².